The number of nitrogens with one attached hydrogen (secondary N) is 1. The van der Waals surface area contributed by atoms with E-state index in [2.05, 4.69) is 9.97 Å². The zero-order chi connectivity index (χ0) is 15.9. The van der Waals surface area contributed by atoms with Crippen molar-refractivity contribution >= 4 is 52.3 Å². The minimum atomic E-state index is -0.569. The SMILES string of the molecule is Cl.Nc1cccc(Cn2c(=O)[nH]c(=O)c3c(Cl)cc(Cl)cc32)n1. The maximum Gasteiger partial charge on any atom is 0.329 e. The van der Waals surface area contributed by atoms with Crippen LogP contribution in [0.25, 0.3) is 10.9 Å². The number of halogens is 3. The second kappa shape index (κ2) is 6.62. The number of benzene rings is 1. The van der Waals surface area contributed by atoms with Gasteiger partial charge in [-0.15, -0.1) is 12.4 Å². The van der Waals surface area contributed by atoms with Crippen LogP contribution in [0.5, 0.6) is 0 Å². The number of aromatic nitrogens is 3. The Morgan fingerprint density at radius 3 is 2.65 bits per heavy atom. The van der Waals surface area contributed by atoms with Crippen molar-refractivity contribution in [3.8, 4) is 0 Å². The molecule has 1 aromatic carbocycles. The quantitative estimate of drug-likeness (QED) is 0.721. The Kier molecular flexibility index (Phi) is 4.99. The average molecular weight is 374 g/mol. The van der Waals surface area contributed by atoms with Crippen molar-refractivity contribution in [1.29, 1.82) is 0 Å². The fourth-order valence-corrected chi connectivity index (χ4v) is 2.81. The number of anilines is 1. The van der Waals surface area contributed by atoms with E-state index in [9.17, 15) is 9.59 Å². The molecule has 23 heavy (non-hydrogen) atoms. The van der Waals surface area contributed by atoms with E-state index < -0.39 is 11.2 Å². The van der Waals surface area contributed by atoms with Crippen molar-refractivity contribution in [3.05, 3.63) is 66.9 Å². The van der Waals surface area contributed by atoms with E-state index in [1.165, 1.54) is 16.7 Å². The van der Waals surface area contributed by atoms with Crippen molar-refractivity contribution in [3.63, 3.8) is 0 Å². The fourth-order valence-electron chi connectivity index (χ4n) is 2.24. The summed E-state index contributed by atoms with van der Waals surface area (Å²) in [6.07, 6.45) is 0. The maximum absolute atomic E-state index is 12.1. The first kappa shape index (κ1) is 17.3. The van der Waals surface area contributed by atoms with Gasteiger partial charge in [0.25, 0.3) is 5.56 Å². The van der Waals surface area contributed by atoms with Crippen molar-refractivity contribution in [2.24, 2.45) is 0 Å². The molecule has 2 heterocycles. The molecule has 0 radical (unpaired) electrons. The van der Waals surface area contributed by atoms with Crippen LogP contribution in [0.3, 0.4) is 0 Å². The third-order valence-electron chi connectivity index (χ3n) is 3.17. The smallest absolute Gasteiger partial charge is 0.329 e. The van der Waals surface area contributed by atoms with Gasteiger partial charge in [0.05, 0.1) is 28.2 Å². The number of nitrogen functional groups attached to an aromatic ring is 1. The fraction of sp³-hybridized carbons (Fsp3) is 0.0714. The Morgan fingerprint density at radius 2 is 1.96 bits per heavy atom. The molecule has 6 nitrogen and oxygen atoms in total. The zero-order valence-corrected chi connectivity index (χ0v) is 13.9. The molecule has 9 heteroatoms. The van der Waals surface area contributed by atoms with Crippen LogP contribution in [-0.2, 0) is 6.54 Å². The molecule has 0 unspecified atom stereocenters. The number of fused-ring (bicyclic) bond motifs is 1. The maximum atomic E-state index is 12.1. The highest BCUT2D eigenvalue weighted by atomic mass is 35.5. The Labute approximate surface area is 146 Å². The summed E-state index contributed by atoms with van der Waals surface area (Å²) in [6.45, 7) is 0.133. The molecule has 0 aliphatic carbocycles. The molecular weight excluding hydrogens is 363 g/mol. The molecule has 3 aromatic rings. The molecule has 2 aromatic heterocycles. The molecule has 0 saturated carbocycles. The Morgan fingerprint density at radius 1 is 1.22 bits per heavy atom. The van der Waals surface area contributed by atoms with E-state index in [0.717, 1.165) is 0 Å². The Balaban J connectivity index is 0.00000192. The van der Waals surface area contributed by atoms with Crippen LogP contribution in [-0.4, -0.2) is 14.5 Å². The van der Waals surface area contributed by atoms with E-state index in [1.807, 2.05) is 0 Å². The van der Waals surface area contributed by atoms with E-state index >= 15 is 0 Å². The lowest BCUT2D eigenvalue weighted by Crippen LogP contribution is -2.31. The van der Waals surface area contributed by atoms with Crippen LogP contribution in [0.15, 0.2) is 39.9 Å². The second-order valence-corrected chi connectivity index (χ2v) is 5.52. The summed E-state index contributed by atoms with van der Waals surface area (Å²) in [6, 6.07) is 8.08. The van der Waals surface area contributed by atoms with Gasteiger partial charge in [0.1, 0.15) is 5.82 Å². The van der Waals surface area contributed by atoms with Gasteiger partial charge >= 0.3 is 5.69 Å². The van der Waals surface area contributed by atoms with E-state index in [-0.39, 0.29) is 29.4 Å². The number of aromatic amines is 1. The average Bonchev–Trinajstić information content (AvgIpc) is 2.42. The zero-order valence-electron chi connectivity index (χ0n) is 11.5. The van der Waals surface area contributed by atoms with Gasteiger partial charge in [-0.25, -0.2) is 9.78 Å². The highest BCUT2D eigenvalue weighted by molar-refractivity contribution is 6.38. The molecule has 120 valence electrons. The van der Waals surface area contributed by atoms with Gasteiger partial charge in [-0.2, -0.15) is 0 Å². The summed E-state index contributed by atoms with van der Waals surface area (Å²) in [5, 5.41) is 0.712. The first-order valence-electron chi connectivity index (χ1n) is 6.29. The lowest BCUT2D eigenvalue weighted by atomic mass is 10.2. The second-order valence-electron chi connectivity index (χ2n) is 4.68. The van der Waals surface area contributed by atoms with E-state index in [1.54, 1.807) is 18.2 Å². The van der Waals surface area contributed by atoms with Crippen LogP contribution in [0.2, 0.25) is 10.0 Å². The van der Waals surface area contributed by atoms with Gasteiger partial charge in [0.2, 0.25) is 0 Å². The number of hydrogen-bond donors (Lipinski definition) is 2. The molecule has 0 fully saturated rings. The van der Waals surface area contributed by atoms with Gasteiger partial charge in [-0.3, -0.25) is 14.3 Å². The highest BCUT2D eigenvalue weighted by Crippen LogP contribution is 2.24. The topological polar surface area (TPSA) is 93.8 Å². The lowest BCUT2D eigenvalue weighted by molar-refractivity contribution is 0.739. The molecule has 0 atom stereocenters. The molecule has 0 aliphatic rings. The summed E-state index contributed by atoms with van der Waals surface area (Å²) in [5.41, 5.74) is 5.43. The number of nitrogens with two attached hydrogens (primary N) is 1. The van der Waals surface area contributed by atoms with E-state index in [0.29, 0.717) is 22.1 Å². The van der Waals surface area contributed by atoms with Crippen molar-refractivity contribution in [2.45, 2.75) is 6.54 Å². The number of nitrogens with zero attached hydrogens (tertiary/aromatic N) is 2. The molecule has 3 N–H and O–H groups in total. The minimum absolute atomic E-state index is 0. The van der Waals surface area contributed by atoms with Crippen molar-refractivity contribution in [1.82, 2.24) is 14.5 Å². The summed E-state index contributed by atoms with van der Waals surface area (Å²) in [5.74, 6) is 0.343. The van der Waals surface area contributed by atoms with Crippen LogP contribution in [0, 0.1) is 0 Å². The first-order valence-corrected chi connectivity index (χ1v) is 7.04. The Hall–Kier alpha value is -2.02. The number of rotatable bonds is 2. The van der Waals surface area contributed by atoms with Gasteiger partial charge in [0.15, 0.2) is 0 Å². The van der Waals surface area contributed by atoms with Crippen LogP contribution < -0.4 is 17.0 Å². The molecule has 3 rings (SSSR count). The first-order chi connectivity index (χ1) is 10.5. The molecule has 0 bridgehead atoms. The number of hydrogen-bond acceptors (Lipinski definition) is 4. The number of H-pyrrole nitrogens is 1. The third kappa shape index (κ3) is 3.34. The predicted molar refractivity (Wildman–Crippen MR) is 93.8 cm³/mol. The van der Waals surface area contributed by atoms with Crippen molar-refractivity contribution < 1.29 is 0 Å². The van der Waals surface area contributed by atoms with Gasteiger partial charge in [-0.05, 0) is 24.3 Å². The van der Waals surface area contributed by atoms with Crippen LogP contribution in [0.4, 0.5) is 5.82 Å². The molecule has 0 aliphatic heterocycles. The van der Waals surface area contributed by atoms with Crippen molar-refractivity contribution in [2.75, 3.05) is 5.73 Å². The number of pyridine rings is 1. The summed E-state index contributed by atoms with van der Waals surface area (Å²) >= 11 is 12.0. The lowest BCUT2D eigenvalue weighted by Gasteiger charge is -2.10. The predicted octanol–water partition coefficient (Wildman–Crippen LogP) is 2.44. The molecule has 0 amide bonds. The Bertz CT molecular complexity index is 997. The monoisotopic (exact) mass is 372 g/mol. The van der Waals surface area contributed by atoms with Gasteiger partial charge < -0.3 is 5.73 Å². The summed E-state index contributed by atoms with van der Waals surface area (Å²) < 4.78 is 1.34. The standard InChI is InChI=1S/C14H10Cl2N4O2.ClH/c15-7-4-9(16)12-10(5-7)20(14(22)19-13(12)21)6-8-2-1-3-11(17)18-8;/h1-5H,6H2,(H2,17,18)(H,19,21,22);1H. The normalized spacial score (nSPS) is 10.5. The summed E-state index contributed by atoms with van der Waals surface area (Å²) in [7, 11) is 0. The molecule has 0 spiro atoms. The summed E-state index contributed by atoms with van der Waals surface area (Å²) in [4.78, 5) is 30.5. The van der Waals surface area contributed by atoms with Crippen LogP contribution >= 0.6 is 35.6 Å². The van der Waals surface area contributed by atoms with E-state index in [4.69, 9.17) is 28.9 Å². The molecule has 0 saturated heterocycles. The van der Waals surface area contributed by atoms with Gasteiger partial charge in [-0.1, -0.05) is 29.3 Å². The largest absolute Gasteiger partial charge is 0.384 e. The molecular formula is C14H11Cl3N4O2. The minimum Gasteiger partial charge on any atom is -0.384 e. The van der Waals surface area contributed by atoms with Crippen LogP contribution in [0.1, 0.15) is 5.69 Å². The van der Waals surface area contributed by atoms with Gasteiger partial charge in [0, 0.05) is 5.02 Å². The third-order valence-corrected chi connectivity index (χ3v) is 3.68. The highest BCUT2D eigenvalue weighted by Gasteiger charge is 2.12.